The average molecular weight is 292 g/mol. The van der Waals surface area contributed by atoms with Crippen LogP contribution in [0.2, 0.25) is 0 Å². The summed E-state index contributed by atoms with van der Waals surface area (Å²) in [6.45, 7) is 4.83. The monoisotopic (exact) mass is 292 g/mol. The molecular formula is C13H28N2O3S. The molecule has 5 nitrogen and oxygen atoms in total. The molecule has 0 aromatic heterocycles. The Morgan fingerprint density at radius 3 is 2.68 bits per heavy atom. The third-order valence-corrected chi connectivity index (χ3v) is 5.01. The minimum atomic E-state index is -2.97. The van der Waals surface area contributed by atoms with Crippen molar-refractivity contribution < 1.29 is 13.2 Å². The Morgan fingerprint density at radius 1 is 1.53 bits per heavy atom. The lowest BCUT2D eigenvalue weighted by atomic mass is 9.74. The summed E-state index contributed by atoms with van der Waals surface area (Å²) in [5.74, 6) is 6.40. The smallest absolute Gasteiger partial charge is 0.147 e. The van der Waals surface area contributed by atoms with E-state index in [1.165, 1.54) is 12.7 Å². The number of nitrogens with two attached hydrogens (primary N) is 1. The van der Waals surface area contributed by atoms with Crippen molar-refractivity contribution in [1.82, 2.24) is 5.43 Å². The molecule has 0 bridgehead atoms. The number of sulfone groups is 1. The topological polar surface area (TPSA) is 81.4 Å². The van der Waals surface area contributed by atoms with Gasteiger partial charge in [-0.1, -0.05) is 19.8 Å². The third kappa shape index (κ3) is 5.02. The number of nitrogens with one attached hydrogen (secondary N) is 1. The van der Waals surface area contributed by atoms with Gasteiger partial charge in [-0.05, 0) is 32.1 Å². The normalized spacial score (nSPS) is 30.2. The van der Waals surface area contributed by atoms with Crippen molar-refractivity contribution in [2.24, 2.45) is 11.8 Å². The summed E-state index contributed by atoms with van der Waals surface area (Å²) in [5, 5.41) is 0. The number of hydrazine groups is 1. The van der Waals surface area contributed by atoms with E-state index in [1.54, 1.807) is 0 Å². The first-order valence-corrected chi connectivity index (χ1v) is 9.17. The molecule has 0 heterocycles. The average Bonchev–Trinajstić information content (AvgIpc) is 2.28. The Morgan fingerprint density at radius 2 is 2.21 bits per heavy atom. The highest BCUT2D eigenvalue weighted by molar-refractivity contribution is 7.90. The molecule has 3 unspecified atom stereocenters. The van der Waals surface area contributed by atoms with Crippen molar-refractivity contribution in [2.45, 2.75) is 57.6 Å². The second-order valence-corrected chi connectivity index (χ2v) is 8.10. The van der Waals surface area contributed by atoms with Crippen molar-refractivity contribution in [3.05, 3.63) is 0 Å². The van der Waals surface area contributed by atoms with Crippen LogP contribution in [0, 0.1) is 5.92 Å². The van der Waals surface area contributed by atoms with Crippen LogP contribution in [-0.2, 0) is 14.6 Å². The van der Waals surface area contributed by atoms with E-state index in [9.17, 15) is 8.42 Å². The van der Waals surface area contributed by atoms with Crippen LogP contribution in [0.3, 0.4) is 0 Å². The summed E-state index contributed by atoms with van der Waals surface area (Å²) in [4.78, 5) is 0. The fourth-order valence-corrected chi connectivity index (χ4v) is 3.87. The maximum atomic E-state index is 11.4. The zero-order chi connectivity index (χ0) is 14.5. The summed E-state index contributed by atoms with van der Waals surface area (Å²) in [6, 6.07) is -0.107. The van der Waals surface area contributed by atoms with Crippen LogP contribution in [0.25, 0.3) is 0 Å². The fourth-order valence-electron chi connectivity index (χ4n) is 3.21. The van der Waals surface area contributed by atoms with Crippen LogP contribution in [0.1, 0.15) is 46.0 Å². The van der Waals surface area contributed by atoms with Crippen LogP contribution < -0.4 is 11.3 Å². The molecular weight excluding hydrogens is 264 g/mol. The van der Waals surface area contributed by atoms with Crippen molar-refractivity contribution >= 4 is 9.84 Å². The second kappa shape index (κ2) is 7.02. The number of hydrogen-bond acceptors (Lipinski definition) is 5. The van der Waals surface area contributed by atoms with E-state index in [4.69, 9.17) is 10.6 Å². The lowest BCUT2D eigenvalue weighted by Crippen LogP contribution is -2.57. The van der Waals surface area contributed by atoms with Gasteiger partial charge in [0, 0.05) is 12.9 Å². The minimum Gasteiger partial charge on any atom is -0.374 e. The van der Waals surface area contributed by atoms with Crippen LogP contribution in [-0.4, -0.2) is 38.7 Å². The van der Waals surface area contributed by atoms with Gasteiger partial charge in [-0.2, -0.15) is 0 Å². The predicted octanol–water partition coefficient (Wildman–Crippen LogP) is 1.24. The molecule has 1 aliphatic rings. The SMILES string of the molecule is CCOC1(C(CCS(C)(=O)=O)NN)CCCC(C)C1. The van der Waals surface area contributed by atoms with Gasteiger partial charge >= 0.3 is 0 Å². The Kier molecular flexibility index (Phi) is 6.23. The zero-order valence-corrected chi connectivity index (χ0v) is 13.1. The number of rotatable bonds is 7. The Labute approximate surface area is 117 Å². The minimum absolute atomic E-state index is 0.107. The molecule has 0 aromatic carbocycles. The van der Waals surface area contributed by atoms with Gasteiger partial charge < -0.3 is 4.74 Å². The summed E-state index contributed by atoms with van der Waals surface area (Å²) in [5.41, 5.74) is 2.49. The standard InChI is InChI=1S/C13H28N2O3S/c1-4-18-13(8-5-6-11(2)10-13)12(15-14)7-9-19(3,16)17/h11-12,15H,4-10,14H2,1-3H3. The van der Waals surface area contributed by atoms with Gasteiger partial charge in [0.15, 0.2) is 0 Å². The van der Waals surface area contributed by atoms with Gasteiger partial charge in [0.2, 0.25) is 0 Å². The van der Waals surface area contributed by atoms with Crippen molar-refractivity contribution in [1.29, 1.82) is 0 Å². The summed E-state index contributed by atoms with van der Waals surface area (Å²) in [6.07, 6.45) is 5.97. The van der Waals surface area contributed by atoms with Gasteiger partial charge in [0.25, 0.3) is 0 Å². The lowest BCUT2D eigenvalue weighted by Gasteiger charge is -2.45. The van der Waals surface area contributed by atoms with E-state index in [0.29, 0.717) is 18.9 Å². The molecule has 3 atom stereocenters. The van der Waals surface area contributed by atoms with E-state index in [0.717, 1.165) is 19.3 Å². The summed E-state index contributed by atoms with van der Waals surface area (Å²) in [7, 11) is -2.97. The van der Waals surface area contributed by atoms with Crippen LogP contribution >= 0.6 is 0 Å². The van der Waals surface area contributed by atoms with Gasteiger partial charge in [-0.3, -0.25) is 11.3 Å². The molecule has 0 spiro atoms. The van der Waals surface area contributed by atoms with Crippen molar-refractivity contribution in [3.8, 4) is 0 Å². The van der Waals surface area contributed by atoms with Gasteiger partial charge in [-0.25, -0.2) is 8.42 Å². The van der Waals surface area contributed by atoms with Gasteiger partial charge in [0.1, 0.15) is 9.84 Å². The Balaban J connectivity index is 2.81. The first-order valence-electron chi connectivity index (χ1n) is 7.11. The maximum absolute atomic E-state index is 11.4. The van der Waals surface area contributed by atoms with Crippen LogP contribution in [0.5, 0.6) is 0 Å². The lowest BCUT2D eigenvalue weighted by molar-refractivity contribution is -0.101. The molecule has 114 valence electrons. The van der Waals surface area contributed by atoms with E-state index < -0.39 is 9.84 Å². The second-order valence-electron chi connectivity index (χ2n) is 5.84. The van der Waals surface area contributed by atoms with Crippen molar-refractivity contribution in [3.63, 3.8) is 0 Å². The molecule has 3 N–H and O–H groups in total. The molecule has 0 amide bonds. The first kappa shape index (κ1) is 16.9. The molecule has 6 heteroatoms. The Hall–Kier alpha value is -0.170. The highest BCUT2D eigenvalue weighted by Crippen LogP contribution is 2.38. The van der Waals surface area contributed by atoms with E-state index in [2.05, 4.69) is 12.3 Å². The molecule has 1 aliphatic carbocycles. The molecule has 0 aliphatic heterocycles. The highest BCUT2D eigenvalue weighted by Gasteiger charge is 2.42. The molecule has 1 rings (SSSR count). The van der Waals surface area contributed by atoms with E-state index >= 15 is 0 Å². The maximum Gasteiger partial charge on any atom is 0.147 e. The van der Waals surface area contributed by atoms with Crippen LogP contribution in [0.4, 0.5) is 0 Å². The third-order valence-electron chi connectivity index (χ3n) is 4.04. The first-order chi connectivity index (χ1) is 8.83. The quantitative estimate of drug-likeness (QED) is 0.545. The van der Waals surface area contributed by atoms with Crippen LogP contribution in [0.15, 0.2) is 0 Å². The number of ether oxygens (including phenoxy) is 1. The molecule has 0 radical (unpaired) electrons. The van der Waals surface area contributed by atoms with Crippen molar-refractivity contribution in [2.75, 3.05) is 18.6 Å². The number of hydrogen-bond donors (Lipinski definition) is 2. The molecule has 0 aromatic rings. The highest BCUT2D eigenvalue weighted by atomic mass is 32.2. The Bertz CT molecular complexity index is 368. The predicted molar refractivity (Wildman–Crippen MR) is 77.4 cm³/mol. The molecule has 1 fully saturated rings. The van der Waals surface area contributed by atoms with E-state index in [1.807, 2.05) is 6.92 Å². The molecule has 1 saturated carbocycles. The largest absolute Gasteiger partial charge is 0.374 e. The summed E-state index contributed by atoms with van der Waals surface area (Å²) >= 11 is 0. The zero-order valence-electron chi connectivity index (χ0n) is 12.3. The van der Waals surface area contributed by atoms with E-state index in [-0.39, 0.29) is 17.4 Å². The van der Waals surface area contributed by atoms with Gasteiger partial charge in [-0.15, -0.1) is 0 Å². The molecule has 0 saturated heterocycles. The molecule has 19 heavy (non-hydrogen) atoms. The van der Waals surface area contributed by atoms with Gasteiger partial charge in [0.05, 0.1) is 17.4 Å². The summed E-state index contributed by atoms with van der Waals surface area (Å²) < 4.78 is 28.7. The fraction of sp³-hybridized carbons (Fsp3) is 1.00.